The number of hydrogen-bond acceptors (Lipinski definition) is 12. The molecular formula is C48H32Br8O12Si8. The third-order valence-electron chi connectivity index (χ3n) is 12.8. The van der Waals surface area contributed by atoms with E-state index in [1.54, 1.807) is 0 Å². The summed E-state index contributed by atoms with van der Waals surface area (Å²) in [5.41, 5.74) is 0. The van der Waals surface area contributed by atoms with Gasteiger partial charge in [0.2, 0.25) is 0 Å². The largest absolute Gasteiger partial charge is 0.515 e. The van der Waals surface area contributed by atoms with Crippen molar-refractivity contribution in [2.24, 2.45) is 0 Å². The molecule has 8 bridgehead atoms. The highest BCUT2D eigenvalue weighted by atomic mass is 79.9. The van der Waals surface area contributed by atoms with Gasteiger partial charge >= 0.3 is 70.4 Å². The third-order valence-corrected chi connectivity index (χ3v) is 51.2. The summed E-state index contributed by atoms with van der Waals surface area (Å²) in [6.45, 7) is 0. The molecule has 6 aliphatic rings. The lowest BCUT2D eigenvalue weighted by atomic mass is 10.4. The SMILES string of the molecule is Brc1ccc([Si]23O[Si]4(c5ccc(Br)cc5)O[Si]5(c6ccc(Br)cc6)O[Si](c6ccc(Br)cc6)(O2)O[Si]2(c6ccc(Br)cc6)O[Si](c6ccc(Br)cc6)(O3)O[Si](c3ccc(Br)cc3)(O4)O[Si](c3ccc(Br)cc3)(O5)O2)cc1. The van der Waals surface area contributed by atoms with Crippen LogP contribution < -0.4 is 41.5 Å². The van der Waals surface area contributed by atoms with Crippen molar-refractivity contribution in [1.29, 1.82) is 0 Å². The summed E-state index contributed by atoms with van der Waals surface area (Å²) in [5.74, 6) is 0. The van der Waals surface area contributed by atoms with Crippen LogP contribution in [0.5, 0.6) is 0 Å². The van der Waals surface area contributed by atoms with Crippen LogP contribution in [0.4, 0.5) is 0 Å². The molecule has 6 saturated heterocycles. The van der Waals surface area contributed by atoms with Gasteiger partial charge in [0.05, 0.1) is 0 Å². The van der Waals surface area contributed by atoms with E-state index in [1.165, 1.54) is 0 Å². The summed E-state index contributed by atoms with van der Waals surface area (Å²) in [5, 5.41) is 4.02. The van der Waals surface area contributed by atoms with Gasteiger partial charge in [0.25, 0.3) is 0 Å². The van der Waals surface area contributed by atoms with Crippen molar-refractivity contribution in [2.75, 3.05) is 0 Å². The van der Waals surface area contributed by atoms with Crippen molar-refractivity contribution in [3.63, 3.8) is 0 Å². The lowest BCUT2D eigenvalue weighted by molar-refractivity contribution is -0.00296. The van der Waals surface area contributed by atoms with Gasteiger partial charge in [-0.1, -0.05) is 225 Å². The van der Waals surface area contributed by atoms with Crippen molar-refractivity contribution in [2.45, 2.75) is 0 Å². The second kappa shape index (κ2) is 20.3. The van der Waals surface area contributed by atoms with Gasteiger partial charge in [-0.05, 0) is 97.1 Å². The molecule has 0 N–H and O–H groups in total. The zero-order chi connectivity index (χ0) is 52.4. The van der Waals surface area contributed by atoms with Gasteiger partial charge in [-0.2, -0.15) is 0 Å². The highest BCUT2D eigenvalue weighted by molar-refractivity contribution is 9.11. The maximum absolute atomic E-state index is 8.23. The molecule has 6 heterocycles. The van der Waals surface area contributed by atoms with Crippen molar-refractivity contribution >= 4 is 239 Å². The molecule has 6 fully saturated rings. The van der Waals surface area contributed by atoms with Crippen LogP contribution in [0.15, 0.2) is 230 Å². The van der Waals surface area contributed by atoms with Crippen LogP contribution in [-0.2, 0) is 49.4 Å². The Morgan fingerprint density at radius 2 is 0.224 bits per heavy atom. The summed E-state index contributed by atoms with van der Waals surface area (Å²) < 4.78 is 105. The Balaban J connectivity index is 1.26. The minimum atomic E-state index is -4.91. The van der Waals surface area contributed by atoms with Crippen LogP contribution in [0.2, 0.25) is 0 Å². The Labute approximate surface area is 512 Å². The number of halogens is 8. The minimum Gasteiger partial charge on any atom is -0.366 e. The molecule has 8 aromatic carbocycles. The normalized spacial score (nSPS) is 31.5. The average molecular weight is 1660 g/mol. The van der Waals surface area contributed by atoms with Crippen LogP contribution in [0.1, 0.15) is 0 Å². The molecule has 28 heteroatoms. The smallest absolute Gasteiger partial charge is 0.366 e. The Morgan fingerprint density at radius 1 is 0.145 bits per heavy atom. The van der Waals surface area contributed by atoms with Gasteiger partial charge in [-0.25, -0.2) is 0 Å². The maximum Gasteiger partial charge on any atom is 0.515 e. The monoisotopic (exact) mass is 1660 g/mol. The van der Waals surface area contributed by atoms with Crippen LogP contribution in [-0.4, -0.2) is 70.4 Å². The van der Waals surface area contributed by atoms with Gasteiger partial charge < -0.3 is 49.4 Å². The quantitative estimate of drug-likeness (QED) is 0.135. The van der Waals surface area contributed by atoms with E-state index in [-0.39, 0.29) is 0 Å². The fourth-order valence-electron chi connectivity index (χ4n) is 9.27. The topological polar surface area (TPSA) is 111 Å². The first-order valence-corrected chi connectivity index (χ1v) is 43.1. The average Bonchev–Trinajstić information content (AvgIpc) is 2.80. The molecule has 12 nitrogen and oxygen atoms in total. The summed E-state index contributed by atoms with van der Waals surface area (Å²) in [4.78, 5) is 0. The summed E-state index contributed by atoms with van der Waals surface area (Å²) in [6, 6.07) is 60.8. The number of rotatable bonds is 8. The minimum absolute atomic E-state index is 0.503. The molecule has 0 atom stereocenters. The Morgan fingerprint density at radius 3 is 0.303 bits per heavy atom. The number of benzene rings is 8. The summed E-state index contributed by atoms with van der Waals surface area (Å²) in [6.07, 6.45) is 0. The maximum atomic E-state index is 8.23. The first kappa shape index (κ1) is 54.1. The fraction of sp³-hybridized carbons (Fsp3) is 0. The molecular weight excluding hydrogens is 1630 g/mol. The number of hydrogen-bond donors (Lipinski definition) is 0. The lowest BCUT2D eigenvalue weighted by Crippen LogP contribution is -2.96. The third kappa shape index (κ3) is 9.51. The Hall–Kier alpha value is -1.14. The van der Waals surface area contributed by atoms with Crippen LogP contribution >= 0.6 is 127 Å². The fourth-order valence-corrected chi connectivity index (χ4v) is 57.3. The van der Waals surface area contributed by atoms with E-state index < -0.39 is 70.4 Å². The Bertz CT molecular complexity index is 2750. The van der Waals surface area contributed by atoms with E-state index in [0.717, 1.165) is 35.8 Å². The second-order valence-electron chi connectivity index (χ2n) is 17.7. The molecule has 0 aromatic heterocycles. The van der Waals surface area contributed by atoms with Crippen molar-refractivity contribution in [3.05, 3.63) is 230 Å². The molecule has 0 spiro atoms. The van der Waals surface area contributed by atoms with E-state index >= 15 is 0 Å². The molecule has 0 saturated carbocycles. The molecule has 76 heavy (non-hydrogen) atoms. The van der Waals surface area contributed by atoms with E-state index in [0.29, 0.717) is 41.5 Å². The summed E-state index contributed by atoms with van der Waals surface area (Å²) >= 11 is 29.6. The van der Waals surface area contributed by atoms with E-state index in [9.17, 15) is 0 Å². The molecule has 0 amide bonds. The first-order valence-electron chi connectivity index (χ1n) is 23.0. The summed E-state index contributed by atoms with van der Waals surface area (Å²) in [7, 11) is -39.3. The van der Waals surface area contributed by atoms with E-state index in [1.807, 2.05) is 194 Å². The van der Waals surface area contributed by atoms with Crippen LogP contribution in [0.25, 0.3) is 0 Å². The molecule has 6 aliphatic heterocycles. The molecule has 8 aromatic rings. The van der Waals surface area contributed by atoms with Crippen LogP contribution in [0.3, 0.4) is 0 Å². The molecule has 0 aliphatic carbocycles. The standard InChI is InChI=1S/C48H32Br8O12Si8/c49-33-1-17-41(18-2-33)69-57-70(42-19-3-34(50)4-20-42)60-73(45-25-9-37(53)10-26-45)62-71(58-69,43-21-5-35(51)6-22-43)64-75(47-29-13-39(55)14-30-47)65-72(59-69,44-23-7-36(52)8-24-44)63-74(61-70,46-27-11-38(54)12-28-46)67-76(66-73,68-75)48-31-15-40(56)16-32-48/h1-32H. The van der Waals surface area contributed by atoms with E-state index in [4.69, 9.17) is 49.4 Å². The molecule has 0 radical (unpaired) electrons. The zero-order valence-corrected chi connectivity index (χ0v) is 59.1. The molecule has 384 valence electrons. The van der Waals surface area contributed by atoms with Gasteiger partial charge in [-0.3, -0.25) is 0 Å². The predicted molar refractivity (Wildman–Crippen MR) is 329 cm³/mol. The molecule has 14 rings (SSSR count). The highest BCUT2D eigenvalue weighted by Gasteiger charge is 2.86. The van der Waals surface area contributed by atoms with Gasteiger partial charge in [0, 0.05) is 77.3 Å². The van der Waals surface area contributed by atoms with Gasteiger partial charge in [0.15, 0.2) is 0 Å². The second-order valence-corrected chi connectivity index (χ2v) is 48.4. The van der Waals surface area contributed by atoms with Gasteiger partial charge in [-0.15, -0.1) is 0 Å². The van der Waals surface area contributed by atoms with Crippen molar-refractivity contribution < 1.29 is 49.4 Å². The zero-order valence-electron chi connectivity index (χ0n) is 38.4. The highest BCUT2D eigenvalue weighted by Crippen LogP contribution is 2.49. The van der Waals surface area contributed by atoms with Gasteiger partial charge in [0.1, 0.15) is 0 Å². The van der Waals surface area contributed by atoms with Crippen molar-refractivity contribution in [3.8, 4) is 0 Å². The van der Waals surface area contributed by atoms with Crippen LogP contribution in [0, 0.1) is 0 Å². The molecule has 0 unspecified atom stereocenters. The van der Waals surface area contributed by atoms with E-state index in [2.05, 4.69) is 127 Å². The van der Waals surface area contributed by atoms with Crippen molar-refractivity contribution in [1.82, 2.24) is 0 Å². The Kier molecular flexibility index (Phi) is 14.5. The lowest BCUT2D eigenvalue weighted by Gasteiger charge is -2.62. The first-order chi connectivity index (χ1) is 36.5. The predicted octanol–water partition coefficient (Wildman–Crippen LogP) is 9.12.